The predicted octanol–water partition coefficient (Wildman–Crippen LogP) is 4.20. The Kier molecular flexibility index (Phi) is 10.8. The van der Waals surface area contributed by atoms with E-state index >= 15 is 0 Å². The molecule has 0 spiro atoms. The van der Waals surface area contributed by atoms with E-state index in [0.717, 1.165) is 6.42 Å². The standard InChI is InChI=1S/C17H13.C11H17.C9H10.2ClH.Zr/c1-3-12-5-7-14-11-15-8-6-13(4-2)10-17(15)16(14)9-12;1-5-9-6-7-10(8-9)11(2,3)4;1-2-6-9-7-4-3-5-8-9;;;/h3-11H,1-2H2;7-9H,5H2,1-4H3;3-5,7-8H,2H2,1H3;2*1H;/q;;;;;+2/p-2. The van der Waals surface area contributed by atoms with Crippen molar-refractivity contribution in [3.63, 3.8) is 0 Å². The molecule has 0 saturated carbocycles. The molecule has 0 aliphatic heterocycles. The van der Waals surface area contributed by atoms with Crippen molar-refractivity contribution in [1.29, 1.82) is 0 Å². The minimum atomic E-state index is -2.55. The van der Waals surface area contributed by atoms with Crippen molar-refractivity contribution in [2.24, 2.45) is 11.3 Å². The van der Waals surface area contributed by atoms with Gasteiger partial charge in [-0.3, -0.25) is 0 Å². The normalized spacial score (nSPS) is 16.0. The molecule has 0 fully saturated rings. The minimum absolute atomic E-state index is 0. The largest absolute Gasteiger partial charge is 1.00 e. The summed E-state index contributed by atoms with van der Waals surface area (Å²) in [4.78, 5) is 0. The Morgan fingerprint density at radius 2 is 1.38 bits per heavy atom. The quantitative estimate of drug-likeness (QED) is 0.362. The molecule has 1 atom stereocenters. The summed E-state index contributed by atoms with van der Waals surface area (Å²) in [6.45, 7) is 20.0. The molecule has 206 valence electrons. The monoisotopic (exact) mass is 644 g/mol. The van der Waals surface area contributed by atoms with Gasteiger partial charge in [0.05, 0.1) is 0 Å². The van der Waals surface area contributed by atoms with E-state index in [2.05, 4.69) is 127 Å². The van der Waals surface area contributed by atoms with Crippen LogP contribution in [0.25, 0.3) is 23.3 Å². The molecule has 0 heterocycles. The summed E-state index contributed by atoms with van der Waals surface area (Å²) in [7, 11) is 0. The molecular weight excluding hydrogens is 607 g/mol. The third-order valence-corrected chi connectivity index (χ3v) is 17.3. The molecule has 0 N–H and O–H groups in total. The summed E-state index contributed by atoms with van der Waals surface area (Å²) < 4.78 is 3.96. The molecule has 0 amide bonds. The molecule has 1 unspecified atom stereocenters. The van der Waals surface area contributed by atoms with Crippen LogP contribution < -0.4 is 24.8 Å². The van der Waals surface area contributed by atoms with Gasteiger partial charge in [-0.25, -0.2) is 0 Å². The molecule has 0 bridgehead atoms. The Labute approximate surface area is 262 Å². The molecule has 0 radical (unpaired) electrons. The molecule has 2 aliphatic rings. The van der Waals surface area contributed by atoms with Crippen LogP contribution in [-0.4, -0.2) is 3.21 Å². The van der Waals surface area contributed by atoms with E-state index < -0.39 is 21.3 Å². The van der Waals surface area contributed by atoms with Crippen molar-refractivity contribution in [1.82, 2.24) is 0 Å². The van der Waals surface area contributed by atoms with Crippen LogP contribution in [-0.2, 0) is 21.3 Å². The number of halogens is 2. The maximum atomic E-state index is 4.07. The van der Waals surface area contributed by atoms with E-state index in [4.69, 9.17) is 0 Å². The zero-order chi connectivity index (χ0) is 27.0. The first-order valence-electron chi connectivity index (χ1n) is 14.1. The molecule has 3 heteroatoms. The second-order valence-electron chi connectivity index (χ2n) is 11.6. The van der Waals surface area contributed by atoms with Crippen LogP contribution in [0.2, 0.25) is 0 Å². The van der Waals surface area contributed by atoms with E-state index in [0.29, 0.717) is 9.54 Å². The van der Waals surface area contributed by atoms with Crippen LogP contribution in [0.1, 0.15) is 78.9 Å². The van der Waals surface area contributed by atoms with Gasteiger partial charge in [0.1, 0.15) is 0 Å². The fraction of sp³-hybridized carbons (Fsp3) is 0.270. The van der Waals surface area contributed by atoms with Gasteiger partial charge < -0.3 is 24.8 Å². The summed E-state index contributed by atoms with van der Waals surface area (Å²) in [5, 5.41) is 0. The number of allylic oxidation sites excluding steroid dienone is 4. The Hall–Kier alpha value is -2.05. The minimum Gasteiger partial charge on any atom is -1.00 e. The molecule has 3 aromatic carbocycles. The van der Waals surface area contributed by atoms with Crippen molar-refractivity contribution in [3.8, 4) is 11.1 Å². The Morgan fingerprint density at radius 3 is 1.82 bits per heavy atom. The van der Waals surface area contributed by atoms with E-state index in [1.54, 1.807) is 6.49 Å². The molecule has 3 aromatic rings. The first-order valence-corrected chi connectivity index (χ1v) is 17.9. The molecule has 2 aliphatic carbocycles. The van der Waals surface area contributed by atoms with Gasteiger partial charge in [-0.1, -0.05) is 0 Å². The van der Waals surface area contributed by atoms with Gasteiger partial charge in [-0.15, -0.1) is 0 Å². The smallest absolute Gasteiger partial charge is 1.00 e. The first kappa shape index (κ1) is 32.5. The Morgan fingerprint density at radius 1 is 0.825 bits per heavy atom. The number of rotatable bonds is 7. The van der Waals surface area contributed by atoms with Crippen LogP contribution in [0.4, 0.5) is 0 Å². The summed E-state index contributed by atoms with van der Waals surface area (Å²) in [6.07, 6.45) is 11.5. The van der Waals surface area contributed by atoms with Gasteiger partial charge in [-0.05, 0) is 0 Å². The number of hydrogen-bond acceptors (Lipinski definition) is 0. The summed E-state index contributed by atoms with van der Waals surface area (Å²) in [5.41, 5.74) is 11.3. The van der Waals surface area contributed by atoms with Crippen molar-refractivity contribution in [2.75, 3.05) is 0 Å². The van der Waals surface area contributed by atoms with Crippen molar-refractivity contribution in [2.45, 2.75) is 51.1 Å². The van der Waals surface area contributed by atoms with Crippen molar-refractivity contribution in [3.05, 3.63) is 129 Å². The van der Waals surface area contributed by atoms with Gasteiger partial charge in [0.15, 0.2) is 0 Å². The van der Waals surface area contributed by atoms with Gasteiger partial charge in [0, 0.05) is 0 Å². The molecule has 0 aromatic heterocycles. The number of fused-ring (bicyclic) bond motifs is 3. The second-order valence-corrected chi connectivity index (χ2v) is 18.0. The molecule has 40 heavy (non-hydrogen) atoms. The predicted molar refractivity (Wildman–Crippen MR) is 164 cm³/mol. The van der Waals surface area contributed by atoms with Crippen LogP contribution in [0.5, 0.6) is 0 Å². The average molecular weight is 647 g/mol. The second kappa shape index (κ2) is 13.3. The van der Waals surface area contributed by atoms with Crippen LogP contribution in [0.15, 0.2) is 101 Å². The van der Waals surface area contributed by atoms with E-state index in [1.165, 1.54) is 50.9 Å². The van der Waals surface area contributed by atoms with Crippen LogP contribution >= 0.6 is 0 Å². The number of hydrogen-bond donors (Lipinski definition) is 0. The average Bonchev–Trinajstić information content (AvgIpc) is 3.51. The van der Waals surface area contributed by atoms with Crippen molar-refractivity contribution >= 4 is 15.4 Å². The SMILES string of the molecule is C=Cc1ccc2c(c1)-c1cc(C=C)ccc1[CH]2/[Zr+2]([C]1=CC(C(C)(C)C)=CC1CC)=[C](\CC)c1ccccc1.[Cl-].[Cl-]. The maximum Gasteiger partial charge on any atom is -1.00 e. The van der Waals surface area contributed by atoms with E-state index in [-0.39, 0.29) is 30.2 Å². The maximum absolute atomic E-state index is 4.07. The van der Waals surface area contributed by atoms with Gasteiger partial charge >= 0.3 is 239 Å². The zero-order valence-corrected chi connectivity index (χ0v) is 28.4. The first-order chi connectivity index (χ1) is 18.3. The number of benzene rings is 3. The third-order valence-electron chi connectivity index (χ3n) is 8.34. The summed E-state index contributed by atoms with van der Waals surface area (Å²) in [6, 6.07) is 25.4. The van der Waals surface area contributed by atoms with Crippen molar-refractivity contribution < 1.29 is 46.1 Å². The van der Waals surface area contributed by atoms with E-state index in [9.17, 15) is 0 Å². The van der Waals surface area contributed by atoms with E-state index in [1.807, 2.05) is 12.2 Å². The van der Waals surface area contributed by atoms with Crippen LogP contribution in [0.3, 0.4) is 0 Å². The summed E-state index contributed by atoms with van der Waals surface area (Å²) >= 11 is -2.55. The fourth-order valence-corrected chi connectivity index (χ4v) is 16.1. The third kappa shape index (κ3) is 5.95. The van der Waals surface area contributed by atoms with Gasteiger partial charge in [0.2, 0.25) is 0 Å². The van der Waals surface area contributed by atoms with Gasteiger partial charge in [-0.2, -0.15) is 0 Å². The molecule has 0 saturated heterocycles. The van der Waals surface area contributed by atoms with Gasteiger partial charge in [0.25, 0.3) is 0 Å². The Bertz CT molecular complexity index is 1440. The molecular formula is C37H40Cl2Zr. The molecule has 0 nitrogen and oxygen atoms in total. The summed E-state index contributed by atoms with van der Waals surface area (Å²) in [5.74, 6) is 0.538. The fourth-order valence-electron chi connectivity index (χ4n) is 6.27. The molecule has 5 rings (SSSR count). The Balaban J connectivity index is 0.00000220. The topological polar surface area (TPSA) is 0 Å². The van der Waals surface area contributed by atoms with Crippen LogP contribution in [0, 0.1) is 11.3 Å². The zero-order valence-electron chi connectivity index (χ0n) is 24.4.